The topological polar surface area (TPSA) is 55.1 Å². The van der Waals surface area contributed by atoms with Crippen LogP contribution in [0, 0.1) is 11.7 Å². The van der Waals surface area contributed by atoms with E-state index >= 15 is 0 Å². The quantitative estimate of drug-likeness (QED) is 0.835. The lowest BCUT2D eigenvalue weighted by atomic mass is 9.94. The highest BCUT2D eigenvalue weighted by molar-refractivity contribution is 5.79. The molecule has 2 rings (SSSR count). The molecule has 2 unspecified atom stereocenters. The third-order valence-electron chi connectivity index (χ3n) is 4.11. The Labute approximate surface area is 119 Å². The van der Waals surface area contributed by atoms with Gasteiger partial charge in [0.25, 0.3) is 0 Å². The summed E-state index contributed by atoms with van der Waals surface area (Å²) in [5.41, 5.74) is 6.88. The highest BCUT2D eigenvalue weighted by Crippen LogP contribution is 2.23. The third-order valence-corrected chi connectivity index (χ3v) is 4.11. The Morgan fingerprint density at radius 3 is 2.85 bits per heavy atom. The molecule has 1 aromatic carbocycles. The van der Waals surface area contributed by atoms with Crippen LogP contribution in [0.4, 0.5) is 4.39 Å². The van der Waals surface area contributed by atoms with Gasteiger partial charge in [0.15, 0.2) is 0 Å². The molecule has 20 heavy (non-hydrogen) atoms. The zero-order valence-electron chi connectivity index (χ0n) is 11.9. The van der Waals surface area contributed by atoms with E-state index in [2.05, 4.69) is 5.32 Å². The van der Waals surface area contributed by atoms with Crippen molar-refractivity contribution in [3.05, 3.63) is 35.6 Å². The Morgan fingerprint density at radius 2 is 2.10 bits per heavy atom. The van der Waals surface area contributed by atoms with Crippen molar-refractivity contribution in [1.82, 2.24) is 5.32 Å². The number of nitrogens with two attached hydrogens (primary N) is 1. The van der Waals surface area contributed by atoms with Gasteiger partial charge in [-0.2, -0.15) is 0 Å². The van der Waals surface area contributed by atoms with Gasteiger partial charge in [0.2, 0.25) is 5.91 Å². The van der Waals surface area contributed by atoms with E-state index in [9.17, 15) is 9.18 Å². The second-order valence-corrected chi connectivity index (χ2v) is 5.69. The van der Waals surface area contributed by atoms with E-state index in [0.717, 1.165) is 37.7 Å². The number of carbonyl (C=O) groups excluding carboxylic acids is 1. The van der Waals surface area contributed by atoms with Crippen molar-refractivity contribution in [3.8, 4) is 0 Å². The second kappa shape index (κ2) is 6.84. The molecule has 0 bridgehead atoms. The molecule has 0 spiro atoms. The fourth-order valence-electron chi connectivity index (χ4n) is 2.84. The van der Waals surface area contributed by atoms with Gasteiger partial charge in [0.05, 0.1) is 12.0 Å². The van der Waals surface area contributed by atoms with Crippen LogP contribution in [0.3, 0.4) is 0 Å². The molecule has 110 valence electrons. The minimum atomic E-state index is -0.283. The molecule has 1 amide bonds. The number of hydrogen-bond donors (Lipinski definition) is 2. The Kier molecular flexibility index (Phi) is 5.12. The Morgan fingerprint density at radius 1 is 1.35 bits per heavy atom. The van der Waals surface area contributed by atoms with Crippen LogP contribution in [0.1, 0.15) is 50.6 Å². The predicted molar refractivity (Wildman–Crippen MR) is 77.5 cm³/mol. The molecule has 0 aromatic heterocycles. The van der Waals surface area contributed by atoms with Gasteiger partial charge in [-0.25, -0.2) is 4.39 Å². The van der Waals surface area contributed by atoms with E-state index in [1.807, 2.05) is 13.0 Å². The highest BCUT2D eigenvalue weighted by atomic mass is 19.1. The van der Waals surface area contributed by atoms with Crippen molar-refractivity contribution in [2.24, 2.45) is 11.7 Å². The lowest BCUT2D eigenvalue weighted by molar-refractivity contribution is -0.126. The van der Waals surface area contributed by atoms with Gasteiger partial charge in [-0.15, -0.1) is 0 Å². The fraction of sp³-hybridized carbons (Fsp3) is 0.562. The lowest BCUT2D eigenvalue weighted by Gasteiger charge is -2.23. The summed E-state index contributed by atoms with van der Waals surface area (Å²) < 4.78 is 13.2. The number of halogens is 1. The summed E-state index contributed by atoms with van der Waals surface area (Å²) in [5, 5.41) is 2.97. The minimum Gasteiger partial charge on any atom is -0.349 e. The molecular formula is C16H23FN2O. The van der Waals surface area contributed by atoms with Crippen LogP contribution >= 0.6 is 0 Å². The normalized spacial score (nSPS) is 24.8. The minimum absolute atomic E-state index is 0.00355. The first-order chi connectivity index (χ1) is 9.58. The zero-order chi connectivity index (χ0) is 14.5. The SMILES string of the molecule is C[C@@H](NC(=O)C1CCCCCC1N)c1cccc(F)c1. The van der Waals surface area contributed by atoms with Crippen LogP contribution in [0.5, 0.6) is 0 Å². The molecule has 1 aliphatic rings. The Bertz CT molecular complexity index is 464. The number of benzene rings is 1. The maximum absolute atomic E-state index is 13.2. The summed E-state index contributed by atoms with van der Waals surface area (Å²) in [6, 6.07) is 6.08. The number of nitrogens with one attached hydrogen (secondary N) is 1. The molecule has 1 aliphatic carbocycles. The van der Waals surface area contributed by atoms with E-state index in [1.54, 1.807) is 6.07 Å². The summed E-state index contributed by atoms with van der Waals surface area (Å²) in [6.07, 6.45) is 5.07. The van der Waals surface area contributed by atoms with E-state index < -0.39 is 0 Å². The molecule has 0 saturated heterocycles. The summed E-state index contributed by atoms with van der Waals surface area (Å²) in [6.45, 7) is 1.87. The second-order valence-electron chi connectivity index (χ2n) is 5.69. The van der Waals surface area contributed by atoms with Gasteiger partial charge in [-0.3, -0.25) is 4.79 Å². The van der Waals surface area contributed by atoms with Gasteiger partial charge in [-0.1, -0.05) is 31.4 Å². The standard InChI is InChI=1S/C16H23FN2O/c1-11(12-6-5-7-13(17)10-12)19-16(20)14-8-3-2-4-9-15(14)18/h5-7,10-11,14-15H,2-4,8-9,18H2,1H3,(H,19,20)/t11-,14?,15?/m1/s1. The predicted octanol–water partition coefficient (Wildman–Crippen LogP) is 2.91. The molecule has 3 nitrogen and oxygen atoms in total. The van der Waals surface area contributed by atoms with Crippen LogP contribution in [-0.4, -0.2) is 11.9 Å². The lowest BCUT2D eigenvalue weighted by Crippen LogP contribution is -2.42. The van der Waals surface area contributed by atoms with Crippen molar-refractivity contribution in [2.45, 2.75) is 51.1 Å². The van der Waals surface area contributed by atoms with E-state index in [4.69, 9.17) is 5.73 Å². The van der Waals surface area contributed by atoms with Crippen molar-refractivity contribution in [1.29, 1.82) is 0 Å². The number of rotatable bonds is 3. The van der Waals surface area contributed by atoms with Crippen LogP contribution in [0.2, 0.25) is 0 Å². The fourth-order valence-corrected chi connectivity index (χ4v) is 2.84. The van der Waals surface area contributed by atoms with Crippen LogP contribution in [0.25, 0.3) is 0 Å². The van der Waals surface area contributed by atoms with E-state index in [0.29, 0.717) is 0 Å². The first-order valence-corrected chi connectivity index (χ1v) is 7.39. The molecule has 0 radical (unpaired) electrons. The Balaban J connectivity index is 1.99. The maximum Gasteiger partial charge on any atom is 0.225 e. The molecule has 1 fully saturated rings. The summed E-state index contributed by atoms with van der Waals surface area (Å²) in [5.74, 6) is -0.403. The van der Waals surface area contributed by atoms with Gasteiger partial charge in [0.1, 0.15) is 5.82 Å². The zero-order valence-corrected chi connectivity index (χ0v) is 11.9. The average molecular weight is 278 g/mol. The maximum atomic E-state index is 13.2. The Hall–Kier alpha value is -1.42. The highest BCUT2D eigenvalue weighted by Gasteiger charge is 2.27. The van der Waals surface area contributed by atoms with Crippen LogP contribution in [-0.2, 0) is 4.79 Å². The monoisotopic (exact) mass is 278 g/mol. The van der Waals surface area contributed by atoms with Crippen LogP contribution < -0.4 is 11.1 Å². The molecule has 0 aliphatic heterocycles. The van der Waals surface area contributed by atoms with E-state index in [-0.39, 0.29) is 29.7 Å². The molecule has 1 saturated carbocycles. The van der Waals surface area contributed by atoms with Gasteiger partial charge in [-0.05, 0) is 37.5 Å². The summed E-state index contributed by atoms with van der Waals surface area (Å²) >= 11 is 0. The number of amides is 1. The number of hydrogen-bond acceptors (Lipinski definition) is 2. The van der Waals surface area contributed by atoms with Crippen LogP contribution in [0.15, 0.2) is 24.3 Å². The first-order valence-electron chi connectivity index (χ1n) is 7.39. The van der Waals surface area contributed by atoms with Crippen molar-refractivity contribution < 1.29 is 9.18 Å². The van der Waals surface area contributed by atoms with Crippen molar-refractivity contribution >= 4 is 5.91 Å². The molecule has 4 heteroatoms. The smallest absolute Gasteiger partial charge is 0.225 e. The molecule has 0 heterocycles. The molecular weight excluding hydrogens is 255 g/mol. The molecule has 3 N–H and O–H groups in total. The first kappa shape index (κ1) is 15.0. The van der Waals surface area contributed by atoms with E-state index in [1.165, 1.54) is 12.1 Å². The average Bonchev–Trinajstić information content (AvgIpc) is 2.63. The summed E-state index contributed by atoms with van der Waals surface area (Å²) in [7, 11) is 0. The largest absolute Gasteiger partial charge is 0.349 e. The van der Waals surface area contributed by atoms with Gasteiger partial charge in [0, 0.05) is 6.04 Å². The van der Waals surface area contributed by atoms with Crippen molar-refractivity contribution in [3.63, 3.8) is 0 Å². The molecule has 3 atom stereocenters. The van der Waals surface area contributed by atoms with Gasteiger partial charge < -0.3 is 11.1 Å². The summed E-state index contributed by atoms with van der Waals surface area (Å²) in [4.78, 5) is 12.3. The third kappa shape index (κ3) is 3.79. The van der Waals surface area contributed by atoms with Crippen molar-refractivity contribution in [2.75, 3.05) is 0 Å². The molecule has 1 aromatic rings. The number of carbonyl (C=O) groups is 1. The van der Waals surface area contributed by atoms with Gasteiger partial charge >= 0.3 is 0 Å².